The molecule has 4 rings (SSSR count). The Labute approximate surface area is 106 Å². The summed E-state index contributed by atoms with van der Waals surface area (Å²) in [6.07, 6.45) is 1.99. The summed E-state index contributed by atoms with van der Waals surface area (Å²) >= 11 is 0. The zero-order chi connectivity index (χ0) is 12.2. The highest BCUT2D eigenvalue weighted by molar-refractivity contribution is 5.82. The van der Waals surface area contributed by atoms with Crippen molar-refractivity contribution in [1.29, 1.82) is 0 Å². The summed E-state index contributed by atoms with van der Waals surface area (Å²) < 4.78 is 5.31. The summed E-state index contributed by atoms with van der Waals surface area (Å²) in [6.45, 7) is 6.22. The molecule has 2 aliphatic rings. The molecule has 1 aromatic carbocycles. The highest BCUT2D eigenvalue weighted by atomic mass is 16.5. The van der Waals surface area contributed by atoms with Crippen LogP contribution in [0.3, 0.4) is 0 Å². The van der Waals surface area contributed by atoms with E-state index in [1.807, 2.05) is 6.20 Å². The van der Waals surface area contributed by atoms with E-state index in [0.717, 1.165) is 31.8 Å². The van der Waals surface area contributed by atoms with Crippen molar-refractivity contribution in [2.24, 2.45) is 5.41 Å². The van der Waals surface area contributed by atoms with Crippen LogP contribution < -0.4 is 4.90 Å². The highest BCUT2D eigenvalue weighted by Gasteiger charge is 2.49. The lowest BCUT2D eigenvalue weighted by Gasteiger charge is -2.55. The van der Waals surface area contributed by atoms with Crippen LogP contribution in [-0.4, -0.2) is 31.3 Å². The number of rotatable bonds is 1. The van der Waals surface area contributed by atoms with Crippen LogP contribution in [0.4, 0.5) is 5.69 Å². The Balaban J connectivity index is 1.65. The van der Waals surface area contributed by atoms with Crippen LogP contribution in [0.15, 0.2) is 30.5 Å². The van der Waals surface area contributed by atoms with E-state index < -0.39 is 0 Å². The third-order valence-electron chi connectivity index (χ3n) is 4.06. The molecule has 0 amide bonds. The fourth-order valence-electron chi connectivity index (χ4n) is 2.93. The van der Waals surface area contributed by atoms with E-state index >= 15 is 0 Å². The predicted octanol–water partition coefficient (Wildman–Crippen LogP) is 2.38. The monoisotopic (exact) mass is 240 g/mol. The molecule has 2 fully saturated rings. The fraction of sp³-hybridized carbons (Fsp3) is 0.400. The molecule has 2 aromatic rings. The number of benzene rings is 1. The van der Waals surface area contributed by atoms with Gasteiger partial charge in [-0.25, -0.2) is 0 Å². The summed E-state index contributed by atoms with van der Waals surface area (Å²) in [6, 6.07) is 8.65. The Morgan fingerprint density at radius 3 is 2.78 bits per heavy atom. The summed E-state index contributed by atoms with van der Waals surface area (Å²) in [5, 5.41) is 1.23. The maximum Gasteiger partial charge on any atom is 0.0703 e. The third kappa shape index (κ3) is 1.44. The van der Waals surface area contributed by atoms with Gasteiger partial charge in [0.25, 0.3) is 0 Å². The molecule has 0 aliphatic carbocycles. The second kappa shape index (κ2) is 3.45. The average Bonchev–Trinajstić information content (AvgIpc) is 2.24. The molecule has 0 radical (unpaired) electrons. The third-order valence-corrected chi connectivity index (χ3v) is 4.06. The van der Waals surface area contributed by atoms with Gasteiger partial charge in [-0.2, -0.15) is 0 Å². The quantitative estimate of drug-likeness (QED) is 0.765. The Morgan fingerprint density at radius 2 is 2.06 bits per heavy atom. The molecular weight excluding hydrogens is 224 g/mol. The molecule has 92 valence electrons. The molecule has 1 aromatic heterocycles. The summed E-state index contributed by atoms with van der Waals surface area (Å²) in [5.74, 6) is 0. The van der Waals surface area contributed by atoms with Gasteiger partial charge < -0.3 is 9.64 Å². The molecule has 0 N–H and O–H groups in total. The summed E-state index contributed by atoms with van der Waals surface area (Å²) in [5.41, 5.74) is 4.06. The van der Waals surface area contributed by atoms with Crippen molar-refractivity contribution in [3.63, 3.8) is 0 Å². The lowest BCUT2D eigenvalue weighted by Crippen LogP contribution is -2.66. The van der Waals surface area contributed by atoms with E-state index in [4.69, 9.17) is 4.74 Å². The molecule has 18 heavy (non-hydrogen) atoms. The van der Waals surface area contributed by atoms with Crippen molar-refractivity contribution in [2.45, 2.75) is 6.92 Å². The predicted molar refractivity (Wildman–Crippen MR) is 71.9 cm³/mol. The minimum Gasteiger partial charge on any atom is -0.380 e. The highest BCUT2D eigenvalue weighted by Crippen LogP contribution is 2.40. The van der Waals surface area contributed by atoms with Gasteiger partial charge in [-0.1, -0.05) is 11.6 Å². The molecule has 0 atom stereocenters. The molecule has 1 spiro atoms. The van der Waals surface area contributed by atoms with Crippen molar-refractivity contribution in [3.8, 4) is 0 Å². The number of ether oxygens (including phenoxy) is 1. The van der Waals surface area contributed by atoms with Crippen LogP contribution >= 0.6 is 0 Å². The van der Waals surface area contributed by atoms with E-state index in [1.165, 1.54) is 16.6 Å². The zero-order valence-corrected chi connectivity index (χ0v) is 10.5. The Morgan fingerprint density at radius 1 is 1.22 bits per heavy atom. The standard InChI is InChI=1S/C15H16N2O/c1-11-2-3-14-12(4-11)5-13(6-16-14)17-7-15(8-17)9-18-10-15/h2-6H,7-10H2,1H3. The van der Waals surface area contributed by atoms with Crippen molar-refractivity contribution in [2.75, 3.05) is 31.2 Å². The topological polar surface area (TPSA) is 25.4 Å². The minimum atomic E-state index is 0.460. The number of nitrogens with zero attached hydrogens (tertiary/aromatic N) is 2. The largest absolute Gasteiger partial charge is 0.380 e. The molecular formula is C15H16N2O. The van der Waals surface area contributed by atoms with Crippen molar-refractivity contribution in [3.05, 3.63) is 36.0 Å². The lowest BCUT2D eigenvalue weighted by molar-refractivity contribution is -0.127. The first-order valence-corrected chi connectivity index (χ1v) is 6.43. The second-order valence-corrected chi connectivity index (χ2v) is 5.74. The molecule has 2 aliphatic heterocycles. The van der Waals surface area contributed by atoms with E-state index in [-0.39, 0.29) is 0 Å². The minimum absolute atomic E-state index is 0.460. The lowest BCUT2D eigenvalue weighted by atomic mass is 9.78. The molecule has 0 bridgehead atoms. The van der Waals surface area contributed by atoms with Gasteiger partial charge in [0.1, 0.15) is 0 Å². The van der Waals surface area contributed by atoms with Gasteiger partial charge in [-0.15, -0.1) is 0 Å². The van der Waals surface area contributed by atoms with E-state index in [2.05, 4.69) is 41.1 Å². The maximum atomic E-state index is 5.31. The average molecular weight is 240 g/mol. The van der Waals surface area contributed by atoms with Gasteiger partial charge in [0.05, 0.1) is 36.0 Å². The van der Waals surface area contributed by atoms with Gasteiger partial charge in [-0.05, 0) is 25.1 Å². The number of aryl methyl sites for hydroxylation is 1. The molecule has 3 heterocycles. The Hall–Kier alpha value is -1.61. The Kier molecular flexibility index (Phi) is 1.98. The second-order valence-electron chi connectivity index (χ2n) is 5.74. The van der Waals surface area contributed by atoms with Gasteiger partial charge >= 0.3 is 0 Å². The number of hydrogen-bond acceptors (Lipinski definition) is 3. The van der Waals surface area contributed by atoms with Crippen molar-refractivity contribution < 1.29 is 4.74 Å². The maximum absolute atomic E-state index is 5.31. The van der Waals surface area contributed by atoms with E-state index in [1.54, 1.807) is 0 Å². The van der Waals surface area contributed by atoms with Crippen LogP contribution in [0.2, 0.25) is 0 Å². The number of hydrogen-bond donors (Lipinski definition) is 0. The molecule has 0 unspecified atom stereocenters. The molecule has 3 nitrogen and oxygen atoms in total. The van der Waals surface area contributed by atoms with E-state index in [9.17, 15) is 0 Å². The molecule has 3 heteroatoms. The number of anilines is 1. The first kappa shape index (κ1) is 10.3. The van der Waals surface area contributed by atoms with Crippen LogP contribution in [0.1, 0.15) is 5.56 Å². The summed E-state index contributed by atoms with van der Waals surface area (Å²) in [4.78, 5) is 6.94. The van der Waals surface area contributed by atoms with Gasteiger partial charge in [0.15, 0.2) is 0 Å². The smallest absolute Gasteiger partial charge is 0.0703 e. The SMILES string of the molecule is Cc1ccc2ncc(N3CC4(COC4)C3)cc2c1. The molecule has 0 saturated carbocycles. The molecule has 2 saturated heterocycles. The van der Waals surface area contributed by atoms with Crippen LogP contribution in [0.5, 0.6) is 0 Å². The number of aromatic nitrogens is 1. The van der Waals surface area contributed by atoms with Gasteiger partial charge in [-0.3, -0.25) is 4.98 Å². The van der Waals surface area contributed by atoms with Crippen LogP contribution in [0.25, 0.3) is 10.9 Å². The van der Waals surface area contributed by atoms with Crippen molar-refractivity contribution in [1.82, 2.24) is 4.98 Å². The first-order valence-electron chi connectivity index (χ1n) is 6.43. The van der Waals surface area contributed by atoms with Gasteiger partial charge in [0, 0.05) is 18.5 Å². The van der Waals surface area contributed by atoms with Crippen molar-refractivity contribution >= 4 is 16.6 Å². The summed E-state index contributed by atoms with van der Waals surface area (Å²) in [7, 11) is 0. The van der Waals surface area contributed by atoms with E-state index in [0.29, 0.717) is 5.41 Å². The van der Waals surface area contributed by atoms with Crippen LogP contribution in [0, 0.1) is 12.3 Å². The van der Waals surface area contributed by atoms with Crippen LogP contribution in [-0.2, 0) is 4.74 Å². The Bertz CT molecular complexity index is 611. The fourth-order valence-corrected chi connectivity index (χ4v) is 2.93. The zero-order valence-electron chi connectivity index (χ0n) is 10.5. The normalized spacial score (nSPS) is 20.8. The first-order chi connectivity index (χ1) is 8.74. The number of pyridine rings is 1. The number of fused-ring (bicyclic) bond motifs is 1. The van der Waals surface area contributed by atoms with Gasteiger partial charge in [0.2, 0.25) is 0 Å².